The minimum absolute atomic E-state index is 0.479. The highest BCUT2D eigenvalue weighted by molar-refractivity contribution is 7.98. The molecule has 0 aromatic rings. The first kappa shape index (κ1) is 10.2. The lowest BCUT2D eigenvalue weighted by molar-refractivity contribution is -0.136. The Morgan fingerprint density at radius 3 is 2.80 bits per heavy atom. The van der Waals surface area contributed by atoms with E-state index in [1.807, 2.05) is 6.26 Å². The molecular weight excluding hydrogens is 168 g/mol. The first-order valence-corrected chi connectivity index (χ1v) is 4.99. The topological polar surface area (TPSA) is 37.3 Å². The molecule has 0 amide bonds. The van der Waals surface area contributed by atoms with Gasteiger partial charge in [-0.05, 0) is 24.9 Å². The molecule has 0 aliphatic carbocycles. The molecule has 0 aliphatic rings. The zero-order valence-electron chi connectivity index (χ0n) is 5.91. The monoisotopic (exact) mass is 180 g/mol. The number of rotatable bonds is 5. The molecule has 0 bridgehead atoms. The zero-order valence-corrected chi connectivity index (χ0v) is 7.62. The molecule has 0 aromatic carbocycles. The van der Waals surface area contributed by atoms with E-state index in [0.717, 1.165) is 12.2 Å². The van der Waals surface area contributed by atoms with Crippen molar-refractivity contribution in [2.75, 3.05) is 12.0 Å². The van der Waals surface area contributed by atoms with Crippen molar-refractivity contribution in [1.29, 1.82) is 0 Å². The summed E-state index contributed by atoms with van der Waals surface area (Å²) in [6.45, 7) is 0. The van der Waals surface area contributed by atoms with Gasteiger partial charge in [0.25, 0.3) is 0 Å². The van der Waals surface area contributed by atoms with Crippen molar-refractivity contribution in [3.63, 3.8) is 0 Å². The Morgan fingerprint density at radius 2 is 2.40 bits per heavy atom. The predicted octanol–water partition coefficient (Wildman–Crippen LogP) is 1.51. The van der Waals surface area contributed by atoms with E-state index in [-0.39, 0.29) is 0 Å². The Hall–Kier alpha value is 0.170. The van der Waals surface area contributed by atoms with Gasteiger partial charge in [0.2, 0.25) is 0 Å². The van der Waals surface area contributed by atoms with Crippen molar-refractivity contribution in [2.24, 2.45) is 0 Å². The van der Waals surface area contributed by atoms with Crippen LogP contribution in [0.3, 0.4) is 0 Å². The van der Waals surface area contributed by atoms with Gasteiger partial charge < -0.3 is 5.11 Å². The van der Waals surface area contributed by atoms with Crippen molar-refractivity contribution < 1.29 is 9.90 Å². The summed E-state index contributed by atoms with van der Waals surface area (Å²) in [5, 5.41) is 7.92. The third-order valence-corrected chi connectivity index (χ3v) is 2.29. The number of carboxylic acids is 1. The van der Waals surface area contributed by atoms with E-state index in [0.29, 0.717) is 6.42 Å². The van der Waals surface area contributed by atoms with E-state index >= 15 is 0 Å². The summed E-state index contributed by atoms with van der Waals surface area (Å²) in [6, 6.07) is 0. The maximum Gasteiger partial charge on any atom is 0.316 e. The van der Waals surface area contributed by atoms with Crippen LogP contribution < -0.4 is 0 Å². The summed E-state index contributed by atoms with van der Waals surface area (Å²) in [5.74, 6) is 0.203. The van der Waals surface area contributed by atoms with Crippen LogP contribution in [0.1, 0.15) is 12.8 Å². The molecule has 10 heavy (non-hydrogen) atoms. The summed E-state index contributed by atoms with van der Waals surface area (Å²) in [7, 11) is 0. The molecule has 60 valence electrons. The largest absolute Gasteiger partial charge is 0.480 e. The molecule has 0 heterocycles. The van der Waals surface area contributed by atoms with Gasteiger partial charge in [-0.1, -0.05) is 0 Å². The van der Waals surface area contributed by atoms with Crippen molar-refractivity contribution >= 4 is 30.4 Å². The second-order valence-corrected chi connectivity index (χ2v) is 3.60. The average molecular weight is 180 g/mol. The number of thioether (sulfide) groups is 1. The second kappa shape index (κ2) is 5.92. The van der Waals surface area contributed by atoms with Gasteiger partial charge in [-0.2, -0.15) is 24.4 Å². The quantitative estimate of drug-likeness (QED) is 0.497. The van der Waals surface area contributed by atoms with Gasteiger partial charge in [-0.15, -0.1) is 0 Å². The van der Waals surface area contributed by atoms with E-state index in [2.05, 4.69) is 12.6 Å². The number of aliphatic carboxylic acids is 1. The summed E-state index contributed by atoms with van der Waals surface area (Å²) < 4.78 is 0. The highest BCUT2D eigenvalue weighted by atomic mass is 32.2. The Bertz CT molecular complexity index is 106. The Morgan fingerprint density at radius 1 is 1.80 bits per heavy atom. The molecule has 0 rings (SSSR count). The third-order valence-electron chi connectivity index (χ3n) is 1.11. The van der Waals surface area contributed by atoms with Gasteiger partial charge in [0.05, 0.1) is 5.25 Å². The van der Waals surface area contributed by atoms with Crippen molar-refractivity contribution in [2.45, 2.75) is 18.1 Å². The fourth-order valence-corrected chi connectivity index (χ4v) is 1.18. The lowest BCUT2D eigenvalue weighted by Gasteiger charge is -2.02. The van der Waals surface area contributed by atoms with E-state index in [4.69, 9.17) is 5.11 Å². The van der Waals surface area contributed by atoms with Crippen molar-refractivity contribution in [1.82, 2.24) is 0 Å². The van der Waals surface area contributed by atoms with Gasteiger partial charge in [-0.25, -0.2) is 0 Å². The highest BCUT2D eigenvalue weighted by Crippen LogP contribution is 2.07. The van der Waals surface area contributed by atoms with Crippen molar-refractivity contribution in [3.05, 3.63) is 0 Å². The predicted molar refractivity (Wildman–Crippen MR) is 48.0 cm³/mol. The molecule has 0 radical (unpaired) electrons. The lowest BCUT2D eigenvalue weighted by atomic mass is 10.2. The second-order valence-electron chi connectivity index (χ2n) is 1.99. The minimum Gasteiger partial charge on any atom is -0.480 e. The van der Waals surface area contributed by atoms with Gasteiger partial charge in [-0.3, -0.25) is 4.79 Å². The molecule has 1 unspecified atom stereocenters. The summed E-state index contributed by atoms with van der Waals surface area (Å²) in [4.78, 5) is 10.2. The Kier molecular flexibility index (Phi) is 6.02. The number of hydrogen-bond acceptors (Lipinski definition) is 3. The summed E-state index contributed by atoms with van der Waals surface area (Å²) in [6.07, 6.45) is 3.61. The molecule has 1 N–H and O–H groups in total. The molecule has 0 saturated carbocycles. The number of thiol groups is 1. The molecule has 0 aliphatic heterocycles. The normalized spacial score (nSPS) is 13.0. The van der Waals surface area contributed by atoms with Crippen LogP contribution in [0.2, 0.25) is 0 Å². The van der Waals surface area contributed by atoms with Crippen LogP contribution in [0.25, 0.3) is 0 Å². The Balaban J connectivity index is 3.21. The first-order valence-electron chi connectivity index (χ1n) is 3.08. The van der Waals surface area contributed by atoms with Gasteiger partial charge in [0, 0.05) is 0 Å². The van der Waals surface area contributed by atoms with Crippen LogP contribution in [0.5, 0.6) is 0 Å². The van der Waals surface area contributed by atoms with E-state index < -0.39 is 11.2 Å². The molecule has 0 fully saturated rings. The van der Waals surface area contributed by atoms with E-state index in [1.54, 1.807) is 11.8 Å². The average Bonchev–Trinajstić information content (AvgIpc) is 1.88. The molecule has 0 spiro atoms. The maximum absolute atomic E-state index is 10.2. The number of hydrogen-bond donors (Lipinski definition) is 2. The smallest absolute Gasteiger partial charge is 0.316 e. The maximum atomic E-state index is 10.2. The molecule has 0 aromatic heterocycles. The van der Waals surface area contributed by atoms with Crippen LogP contribution in [-0.4, -0.2) is 28.3 Å². The van der Waals surface area contributed by atoms with Crippen LogP contribution in [0.15, 0.2) is 0 Å². The lowest BCUT2D eigenvalue weighted by Crippen LogP contribution is -2.13. The standard InChI is InChI=1S/C6H12O2S2/c1-10-4-2-3-5(9)6(7)8/h5,9H,2-4H2,1H3,(H,7,8). The molecular formula is C6H12O2S2. The molecule has 4 heteroatoms. The van der Waals surface area contributed by atoms with Gasteiger partial charge >= 0.3 is 5.97 Å². The molecule has 1 atom stereocenters. The molecule has 2 nitrogen and oxygen atoms in total. The van der Waals surface area contributed by atoms with Crippen LogP contribution >= 0.6 is 24.4 Å². The summed E-state index contributed by atoms with van der Waals surface area (Å²) >= 11 is 5.62. The minimum atomic E-state index is -0.815. The Labute approximate surface area is 70.8 Å². The number of carbonyl (C=O) groups is 1. The first-order chi connectivity index (χ1) is 4.68. The van der Waals surface area contributed by atoms with E-state index in [1.165, 1.54) is 0 Å². The fourth-order valence-electron chi connectivity index (χ4n) is 0.544. The molecule has 0 saturated heterocycles. The fraction of sp³-hybridized carbons (Fsp3) is 0.833. The van der Waals surface area contributed by atoms with Gasteiger partial charge in [0.15, 0.2) is 0 Å². The van der Waals surface area contributed by atoms with Crippen LogP contribution in [-0.2, 0) is 4.79 Å². The number of carboxylic acid groups (broad SMARTS) is 1. The van der Waals surface area contributed by atoms with Crippen molar-refractivity contribution in [3.8, 4) is 0 Å². The van der Waals surface area contributed by atoms with Crippen LogP contribution in [0.4, 0.5) is 0 Å². The summed E-state index contributed by atoms with van der Waals surface area (Å²) in [5.41, 5.74) is 0. The zero-order chi connectivity index (χ0) is 7.98. The third kappa shape index (κ3) is 4.99. The van der Waals surface area contributed by atoms with Crippen LogP contribution in [0, 0.1) is 0 Å². The van der Waals surface area contributed by atoms with E-state index in [9.17, 15) is 4.79 Å². The SMILES string of the molecule is CSCCCC(S)C(=O)O. The highest BCUT2D eigenvalue weighted by Gasteiger charge is 2.09. The van der Waals surface area contributed by atoms with Gasteiger partial charge in [0.1, 0.15) is 0 Å².